The largest absolute Gasteiger partial charge is 0.494 e. The summed E-state index contributed by atoms with van der Waals surface area (Å²) in [5, 5.41) is 17.1. The van der Waals surface area contributed by atoms with E-state index in [2.05, 4.69) is 37.3 Å². The molecule has 0 saturated carbocycles. The Morgan fingerprint density at radius 3 is 2.72 bits per heavy atom. The second-order valence-electron chi connectivity index (χ2n) is 9.51. The number of nitrogens with zero attached hydrogens (tertiary/aromatic N) is 5. The van der Waals surface area contributed by atoms with Gasteiger partial charge in [0.15, 0.2) is 0 Å². The highest BCUT2D eigenvalue weighted by molar-refractivity contribution is 6.33. The van der Waals surface area contributed by atoms with E-state index in [9.17, 15) is 5.11 Å². The lowest BCUT2D eigenvalue weighted by Crippen LogP contribution is -2.46. The van der Waals surface area contributed by atoms with Crippen molar-refractivity contribution in [2.45, 2.75) is 19.3 Å². The highest BCUT2D eigenvalue weighted by atomic mass is 35.5. The van der Waals surface area contributed by atoms with Gasteiger partial charge in [-0.3, -0.25) is 0 Å². The van der Waals surface area contributed by atoms with E-state index in [0.29, 0.717) is 29.0 Å². The molecule has 1 atom stereocenters. The van der Waals surface area contributed by atoms with E-state index >= 15 is 0 Å². The van der Waals surface area contributed by atoms with E-state index in [1.54, 1.807) is 19.5 Å². The zero-order valence-corrected chi connectivity index (χ0v) is 21.6. The lowest BCUT2D eigenvalue weighted by molar-refractivity contribution is 0.218. The van der Waals surface area contributed by atoms with Gasteiger partial charge in [-0.1, -0.05) is 25.4 Å². The highest BCUT2D eigenvalue weighted by Crippen LogP contribution is 2.39. The Balaban J connectivity index is 1.39. The molecule has 10 heteroatoms. The van der Waals surface area contributed by atoms with Gasteiger partial charge in [-0.05, 0) is 24.7 Å². The molecule has 1 saturated heterocycles. The van der Waals surface area contributed by atoms with Crippen molar-refractivity contribution in [3.63, 3.8) is 0 Å². The van der Waals surface area contributed by atoms with Crippen LogP contribution in [0.2, 0.25) is 5.02 Å². The Morgan fingerprint density at radius 1 is 1.19 bits per heavy atom. The van der Waals surface area contributed by atoms with Crippen molar-refractivity contribution in [1.82, 2.24) is 19.9 Å². The van der Waals surface area contributed by atoms with Crippen LogP contribution < -0.4 is 20.3 Å². The summed E-state index contributed by atoms with van der Waals surface area (Å²) in [6.45, 7) is 9.84. The zero-order valence-electron chi connectivity index (χ0n) is 20.9. The maximum atomic E-state index is 9.91. The van der Waals surface area contributed by atoms with Crippen LogP contribution in [0.4, 0.5) is 23.1 Å². The average Bonchev–Trinajstić information content (AvgIpc) is 3.25. The third-order valence-corrected chi connectivity index (χ3v) is 7.46. The number of nitrogens with one attached hydrogen (secondary N) is 2. The number of likely N-dealkylation sites (N-methyl/N-ethyl adjacent to an activating group) is 1. The number of fused-ring (bicyclic) bond motifs is 1. The molecule has 3 N–H and O–H groups in total. The second-order valence-corrected chi connectivity index (χ2v) is 9.92. The minimum absolute atomic E-state index is 0.0412. The van der Waals surface area contributed by atoms with Crippen LogP contribution in [0.15, 0.2) is 36.7 Å². The first kappa shape index (κ1) is 24.5. The Kier molecular flexibility index (Phi) is 6.87. The predicted octanol–water partition coefficient (Wildman–Crippen LogP) is 3.76. The molecule has 0 bridgehead atoms. The number of benzene rings is 1. The third kappa shape index (κ3) is 4.66. The molecular formula is C26H32ClN7O2. The fraction of sp³-hybridized carbons (Fsp3) is 0.423. The van der Waals surface area contributed by atoms with Crippen LogP contribution in [0.5, 0.6) is 5.75 Å². The van der Waals surface area contributed by atoms with Gasteiger partial charge < -0.3 is 30.3 Å². The molecule has 1 aromatic carbocycles. The lowest BCUT2D eigenvalue weighted by Gasteiger charge is -2.36. The minimum Gasteiger partial charge on any atom is -0.494 e. The van der Waals surface area contributed by atoms with Gasteiger partial charge in [0.1, 0.15) is 11.6 Å². The number of aromatic nitrogens is 3. The smallest absolute Gasteiger partial charge is 0.227 e. The van der Waals surface area contributed by atoms with Crippen molar-refractivity contribution in [3.8, 4) is 17.0 Å². The van der Waals surface area contributed by atoms with Gasteiger partial charge >= 0.3 is 0 Å². The van der Waals surface area contributed by atoms with Crippen LogP contribution in [-0.4, -0.2) is 77.9 Å². The molecule has 2 aromatic heterocycles. The minimum atomic E-state index is -0.374. The summed E-state index contributed by atoms with van der Waals surface area (Å²) in [5.74, 6) is 1.90. The van der Waals surface area contributed by atoms with Crippen LogP contribution in [0.3, 0.4) is 0 Å². The Morgan fingerprint density at radius 2 is 2.00 bits per heavy atom. The summed E-state index contributed by atoms with van der Waals surface area (Å²) in [5.41, 5.74) is 3.86. The van der Waals surface area contributed by atoms with Gasteiger partial charge in [-0.15, -0.1) is 0 Å². The van der Waals surface area contributed by atoms with Crippen LogP contribution in [0.1, 0.15) is 19.4 Å². The highest BCUT2D eigenvalue weighted by Gasteiger charge is 2.35. The molecule has 2 aliphatic rings. The SMILES string of the molecule is CCN1CCN(c2cc(OC)c(Nc3nccc(-c4cnc5c(c4)C(C)(CO)CN5)n3)cc2Cl)CC1. The van der Waals surface area contributed by atoms with Gasteiger partial charge in [0.25, 0.3) is 0 Å². The quantitative estimate of drug-likeness (QED) is 0.439. The number of anilines is 4. The van der Waals surface area contributed by atoms with Gasteiger partial charge in [0.05, 0.1) is 35.8 Å². The summed E-state index contributed by atoms with van der Waals surface area (Å²) < 4.78 is 5.69. The molecule has 190 valence electrons. The molecule has 0 radical (unpaired) electrons. The molecule has 5 rings (SSSR count). The maximum Gasteiger partial charge on any atom is 0.227 e. The van der Waals surface area contributed by atoms with Crippen molar-refractivity contribution >= 4 is 34.7 Å². The third-order valence-electron chi connectivity index (χ3n) is 7.16. The standard InChI is InChI=1S/C26H32ClN7O2/c1-4-33-7-9-34(10-8-33)22-13-23(36-3)21(12-19(22)27)32-25-28-6-5-20(31-25)17-11-18-24(29-14-17)30-15-26(18,2)16-35/h5-6,11-14,35H,4,7-10,15-16H2,1-3H3,(H,29,30)(H,28,31,32). The van der Waals surface area contributed by atoms with Gasteiger partial charge in [0.2, 0.25) is 5.95 Å². The number of hydrogen-bond donors (Lipinski definition) is 3. The van der Waals surface area contributed by atoms with Crippen molar-refractivity contribution in [2.24, 2.45) is 0 Å². The van der Waals surface area contributed by atoms with Crippen LogP contribution >= 0.6 is 11.6 Å². The molecule has 4 heterocycles. The summed E-state index contributed by atoms with van der Waals surface area (Å²) in [6, 6.07) is 7.72. The number of ether oxygens (including phenoxy) is 1. The first-order chi connectivity index (χ1) is 17.4. The molecule has 1 fully saturated rings. The van der Waals surface area contributed by atoms with E-state index in [-0.39, 0.29) is 12.0 Å². The van der Waals surface area contributed by atoms with E-state index in [1.165, 1.54) is 0 Å². The van der Waals surface area contributed by atoms with E-state index in [0.717, 1.165) is 61.0 Å². The molecular weight excluding hydrogens is 478 g/mol. The molecule has 0 spiro atoms. The maximum absolute atomic E-state index is 9.91. The monoisotopic (exact) mass is 509 g/mol. The first-order valence-electron chi connectivity index (χ1n) is 12.2. The summed E-state index contributed by atoms with van der Waals surface area (Å²) in [4.78, 5) is 18.4. The molecule has 0 aliphatic carbocycles. The van der Waals surface area contributed by atoms with Crippen molar-refractivity contribution in [1.29, 1.82) is 0 Å². The van der Waals surface area contributed by atoms with Crippen molar-refractivity contribution in [2.75, 3.05) is 68.5 Å². The van der Waals surface area contributed by atoms with Crippen LogP contribution in [0, 0.1) is 0 Å². The number of methoxy groups -OCH3 is 1. The molecule has 2 aliphatic heterocycles. The summed E-state index contributed by atoms with van der Waals surface area (Å²) in [6.07, 6.45) is 3.49. The fourth-order valence-corrected chi connectivity index (χ4v) is 5.06. The number of hydrogen-bond acceptors (Lipinski definition) is 9. The van der Waals surface area contributed by atoms with Crippen LogP contribution in [0.25, 0.3) is 11.3 Å². The number of piperazine rings is 1. The van der Waals surface area contributed by atoms with Gasteiger partial charge in [-0.2, -0.15) is 0 Å². The normalized spacial score (nSPS) is 19.6. The number of aliphatic hydroxyl groups is 1. The lowest BCUT2D eigenvalue weighted by atomic mass is 9.85. The Hall–Kier alpha value is -3.14. The fourth-order valence-electron chi connectivity index (χ4n) is 4.78. The van der Waals surface area contributed by atoms with E-state index in [4.69, 9.17) is 21.3 Å². The molecule has 36 heavy (non-hydrogen) atoms. The number of pyridine rings is 1. The first-order valence-corrected chi connectivity index (χ1v) is 12.6. The number of aliphatic hydroxyl groups excluding tert-OH is 1. The van der Waals surface area contributed by atoms with E-state index < -0.39 is 0 Å². The Labute approximate surface area is 216 Å². The average molecular weight is 510 g/mol. The second kappa shape index (κ2) is 10.1. The summed E-state index contributed by atoms with van der Waals surface area (Å²) >= 11 is 6.72. The summed E-state index contributed by atoms with van der Waals surface area (Å²) in [7, 11) is 1.65. The predicted molar refractivity (Wildman–Crippen MR) is 144 cm³/mol. The van der Waals surface area contributed by atoms with Gasteiger partial charge in [0, 0.05) is 67.7 Å². The topological polar surface area (TPSA) is 98.7 Å². The van der Waals surface area contributed by atoms with Crippen molar-refractivity contribution < 1.29 is 9.84 Å². The van der Waals surface area contributed by atoms with Crippen LogP contribution in [-0.2, 0) is 5.41 Å². The number of halogens is 1. The molecule has 9 nitrogen and oxygen atoms in total. The van der Waals surface area contributed by atoms with Gasteiger partial charge in [-0.25, -0.2) is 15.0 Å². The van der Waals surface area contributed by atoms with Crippen molar-refractivity contribution in [3.05, 3.63) is 47.2 Å². The molecule has 0 amide bonds. The molecule has 3 aromatic rings. The zero-order chi connectivity index (χ0) is 25.3. The molecule has 1 unspecified atom stereocenters. The Bertz CT molecular complexity index is 1250. The van der Waals surface area contributed by atoms with E-state index in [1.807, 2.05) is 31.2 Å². The number of rotatable bonds is 7.